The Morgan fingerprint density at radius 1 is 1.27 bits per heavy atom. The smallest absolute Gasteiger partial charge is 0.0809 e. The number of ether oxygens (including phenoxy) is 1. The van der Waals surface area contributed by atoms with E-state index < -0.39 is 0 Å². The summed E-state index contributed by atoms with van der Waals surface area (Å²) in [6.07, 6.45) is 2.24. The molecule has 0 aromatic rings. The molecule has 0 spiro atoms. The lowest BCUT2D eigenvalue weighted by molar-refractivity contribution is -0.0176. The molecule has 0 unspecified atom stereocenters. The molecule has 0 radical (unpaired) electrons. The predicted octanol–water partition coefficient (Wildman–Crippen LogP) is 1.03. The van der Waals surface area contributed by atoms with Gasteiger partial charge < -0.3 is 9.57 Å². The van der Waals surface area contributed by atoms with Gasteiger partial charge in [-0.3, -0.25) is 4.90 Å². The number of hydrogen-bond donors (Lipinski definition) is 1. The summed E-state index contributed by atoms with van der Waals surface area (Å²) in [4.78, 5) is 7.82. The summed E-state index contributed by atoms with van der Waals surface area (Å²) in [6, 6.07) is 0.495. The van der Waals surface area contributed by atoms with Crippen LogP contribution in [0, 0.1) is 0 Å². The highest BCUT2D eigenvalue weighted by Crippen LogP contribution is 1.97. The topological polar surface area (TPSA) is 33.7 Å². The number of nitrogens with zero attached hydrogens (tertiary/aromatic N) is 1. The monoisotopic (exact) mass is 216 g/mol. The average Bonchev–Trinajstić information content (AvgIpc) is 2.31. The third kappa shape index (κ3) is 5.47. The van der Waals surface area contributed by atoms with Gasteiger partial charge in [0.2, 0.25) is 0 Å². The highest BCUT2D eigenvalue weighted by atomic mass is 16.6. The molecule has 1 N–H and O–H groups in total. The van der Waals surface area contributed by atoms with Crippen molar-refractivity contribution in [3.63, 3.8) is 0 Å². The van der Waals surface area contributed by atoms with Crippen LogP contribution in [0.25, 0.3) is 0 Å². The first kappa shape index (κ1) is 12.9. The van der Waals surface area contributed by atoms with Gasteiger partial charge in [0.25, 0.3) is 0 Å². The lowest BCUT2D eigenvalue weighted by atomic mass is 10.2. The van der Waals surface area contributed by atoms with E-state index in [-0.39, 0.29) is 0 Å². The van der Waals surface area contributed by atoms with Gasteiger partial charge in [-0.25, -0.2) is 0 Å². The average molecular weight is 216 g/mol. The van der Waals surface area contributed by atoms with Crippen molar-refractivity contribution in [3.05, 3.63) is 0 Å². The minimum Gasteiger partial charge on any atom is -0.379 e. The fourth-order valence-electron chi connectivity index (χ4n) is 1.63. The van der Waals surface area contributed by atoms with Crippen molar-refractivity contribution in [1.29, 1.82) is 0 Å². The van der Waals surface area contributed by atoms with Crippen LogP contribution in [0.5, 0.6) is 0 Å². The predicted molar refractivity (Wildman–Crippen MR) is 60.7 cm³/mol. The molecule has 4 nitrogen and oxygen atoms in total. The van der Waals surface area contributed by atoms with Crippen molar-refractivity contribution in [2.45, 2.75) is 32.7 Å². The van der Waals surface area contributed by atoms with Crippen LogP contribution >= 0.6 is 0 Å². The summed E-state index contributed by atoms with van der Waals surface area (Å²) in [6.45, 7) is 9.90. The van der Waals surface area contributed by atoms with Crippen molar-refractivity contribution in [1.82, 2.24) is 10.4 Å². The van der Waals surface area contributed by atoms with Gasteiger partial charge >= 0.3 is 0 Å². The van der Waals surface area contributed by atoms with Crippen molar-refractivity contribution in [2.75, 3.05) is 39.5 Å². The first-order valence-corrected chi connectivity index (χ1v) is 6.04. The van der Waals surface area contributed by atoms with E-state index in [9.17, 15) is 0 Å². The van der Waals surface area contributed by atoms with Gasteiger partial charge in [0.15, 0.2) is 0 Å². The fourth-order valence-corrected chi connectivity index (χ4v) is 1.63. The quantitative estimate of drug-likeness (QED) is 0.509. The molecular formula is C11H24N2O2. The molecule has 1 rings (SSSR count). The Labute approximate surface area is 92.9 Å². The van der Waals surface area contributed by atoms with E-state index in [1.165, 1.54) is 0 Å². The summed E-state index contributed by atoms with van der Waals surface area (Å²) in [7, 11) is 0. The van der Waals surface area contributed by atoms with Crippen LogP contribution in [0.15, 0.2) is 0 Å². The number of rotatable bonds is 7. The molecule has 1 aliphatic rings. The Morgan fingerprint density at radius 3 is 2.53 bits per heavy atom. The molecule has 90 valence electrons. The second-order valence-electron chi connectivity index (χ2n) is 3.93. The van der Waals surface area contributed by atoms with Gasteiger partial charge in [-0.2, -0.15) is 5.48 Å². The van der Waals surface area contributed by atoms with Gasteiger partial charge in [0, 0.05) is 25.7 Å². The third-order valence-electron chi connectivity index (χ3n) is 2.85. The maximum absolute atomic E-state index is 5.45. The first-order valence-electron chi connectivity index (χ1n) is 6.04. The van der Waals surface area contributed by atoms with Crippen molar-refractivity contribution in [2.24, 2.45) is 0 Å². The van der Waals surface area contributed by atoms with E-state index in [1.807, 2.05) is 0 Å². The highest BCUT2D eigenvalue weighted by Gasteiger charge is 2.09. The molecule has 0 aromatic carbocycles. The summed E-state index contributed by atoms with van der Waals surface area (Å²) >= 11 is 0. The maximum Gasteiger partial charge on any atom is 0.0809 e. The summed E-state index contributed by atoms with van der Waals surface area (Å²) in [5, 5.41) is 0. The zero-order valence-corrected chi connectivity index (χ0v) is 10.00. The van der Waals surface area contributed by atoms with Crippen molar-refractivity contribution < 1.29 is 9.57 Å². The van der Waals surface area contributed by atoms with Gasteiger partial charge in [0.05, 0.1) is 19.8 Å². The zero-order valence-electron chi connectivity index (χ0n) is 10.00. The Bertz CT molecular complexity index is 146. The maximum atomic E-state index is 5.45. The Balaban J connectivity index is 1.95. The molecule has 1 saturated heterocycles. The van der Waals surface area contributed by atoms with Crippen LogP contribution in [0.1, 0.15) is 26.7 Å². The molecule has 0 bridgehead atoms. The molecule has 0 atom stereocenters. The molecule has 1 fully saturated rings. The second kappa shape index (κ2) is 8.05. The fraction of sp³-hybridized carbons (Fsp3) is 1.00. The van der Waals surface area contributed by atoms with Crippen LogP contribution in [0.4, 0.5) is 0 Å². The number of hydroxylamine groups is 1. The molecular weight excluding hydrogens is 192 g/mol. The van der Waals surface area contributed by atoms with Gasteiger partial charge in [-0.15, -0.1) is 0 Å². The van der Waals surface area contributed by atoms with Crippen LogP contribution in [0.2, 0.25) is 0 Å². The summed E-state index contributed by atoms with van der Waals surface area (Å²) < 4.78 is 5.28. The van der Waals surface area contributed by atoms with Gasteiger partial charge in [-0.1, -0.05) is 13.8 Å². The number of nitrogens with one attached hydrogen (secondary N) is 1. The SMILES string of the molecule is CCC(CC)NOCCN1CCOCC1. The molecule has 4 heteroatoms. The lowest BCUT2D eigenvalue weighted by Gasteiger charge is -2.26. The molecule has 0 aromatic heterocycles. The van der Waals surface area contributed by atoms with Crippen LogP contribution in [0.3, 0.4) is 0 Å². The van der Waals surface area contributed by atoms with Gasteiger partial charge in [-0.05, 0) is 12.8 Å². The van der Waals surface area contributed by atoms with Gasteiger partial charge in [0.1, 0.15) is 0 Å². The highest BCUT2D eigenvalue weighted by molar-refractivity contribution is 4.61. The Kier molecular flexibility index (Phi) is 6.92. The lowest BCUT2D eigenvalue weighted by Crippen LogP contribution is -2.39. The van der Waals surface area contributed by atoms with E-state index in [2.05, 4.69) is 24.2 Å². The minimum absolute atomic E-state index is 0.495. The van der Waals surface area contributed by atoms with Crippen molar-refractivity contribution in [3.8, 4) is 0 Å². The van der Waals surface area contributed by atoms with E-state index in [0.717, 1.165) is 52.3 Å². The summed E-state index contributed by atoms with van der Waals surface area (Å²) in [5.74, 6) is 0. The normalized spacial score (nSPS) is 18.6. The molecule has 0 aliphatic carbocycles. The third-order valence-corrected chi connectivity index (χ3v) is 2.85. The Hall–Kier alpha value is -0.160. The van der Waals surface area contributed by atoms with E-state index in [1.54, 1.807) is 0 Å². The number of hydrogen-bond acceptors (Lipinski definition) is 4. The van der Waals surface area contributed by atoms with Crippen LogP contribution in [-0.4, -0.2) is 50.4 Å². The Morgan fingerprint density at radius 2 is 1.93 bits per heavy atom. The molecule has 0 saturated carbocycles. The molecule has 1 aliphatic heterocycles. The van der Waals surface area contributed by atoms with Crippen LogP contribution < -0.4 is 5.48 Å². The van der Waals surface area contributed by atoms with E-state index in [0.29, 0.717) is 6.04 Å². The van der Waals surface area contributed by atoms with E-state index >= 15 is 0 Å². The molecule has 15 heavy (non-hydrogen) atoms. The van der Waals surface area contributed by atoms with E-state index in [4.69, 9.17) is 9.57 Å². The zero-order chi connectivity index (χ0) is 10.9. The minimum atomic E-state index is 0.495. The second-order valence-corrected chi connectivity index (χ2v) is 3.93. The largest absolute Gasteiger partial charge is 0.379 e. The molecule has 0 amide bonds. The van der Waals surface area contributed by atoms with Crippen LogP contribution in [-0.2, 0) is 9.57 Å². The summed E-state index contributed by atoms with van der Waals surface area (Å²) in [5.41, 5.74) is 3.10. The number of morpholine rings is 1. The first-order chi connectivity index (χ1) is 7.36. The standard InChI is InChI=1S/C11H24N2O2/c1-3-11(4-2)12-15-10-7-13-5-8-14-9-6-13/h11-12H,3-10H2,1-2H3. The molecule has 1 heterocycles. The van der Waals surface area contributed by atoms with Crippen molar-refractivity contribution >= 4 is 0 Å².